The fourth-order valence-corrected chi connectivity index (χ4v) is 2.32. The maximum Gasteiger partial charge on any atom is 0.173 e. The lowest BCUT2D eigenvalue weighted by molar-refractivity contribution is 0.383. The molecule has 1 aromatic carbocycles. The smallest absolute Gasteiger partial charge is 0.173 e. The highest BCUT2D eigenvalue weighted by Crippen LogP contribution is 2.28. The number of hydrogen-bond donors (Lipinski definition) is 1. The van der Waals surface area contributed by atoms with Crippen LogP contribution >= 0.6 is 15.9 Å². The van der Waals surface area contributed by atoms with Crippen molar-refractivity contribution in [1.29, 1.82) is 0 Å². The summed E-state index contributed by atoms with van der Waals surface area (Å²) in [7, 11) is 1.44. The Morgan fingerprint density at radius 3 is 2.83 bits per heavy atom. The Bertz CT molecular complexity index is 542. The summed E-state index contributed by atoms with van der Waals surface area (Å²) in [5.74, 6) is -0.138. The lowest BCUT2D eigenvalue weighted by Crippen LogP contribution is -2.14. The highest BCUT2D eigenvalue weighted by Gasteiger charge is 2.16. The second kappa shape index (κ2) is 5.54. The predicted molar refractivity (Wildman–Crippen MR) is 70.0 cm³/mol. The third-order valence-corrected chi connectivity index (χ3v) is 3.39. The van der Waals surface area contributed by atoms with Crippen LogP contribution in [0.4, 0.5) is 4.39 Å². The van der Waals surface area contributed by atoms with Crippen LogP contribution in [0.25, 0.3) is 0 Å². The quantitative estimate of drug-likeness (QED) is 0.940. The van der Waals surface area contributed by atoms with Crippen molar-refractivity contribution in [2.75, 3.05) is 7.11 Å². The third kappa shape index (κ3) is 2.57. The summed E-state index contributed by atoms with van der Waals surface area (Å²) in [6.45, 7) is 0. The van der Waals surface area contributed by atoms with E-state index in [4.69, 9.17) is 14.9 Å². The summed E-state index contributed by atoms with van der Waals surface area (Å²) in [4.78, 5) is 0. The maximum atomic E-state index is 14.0. The molecule has 0 aliphatic carbocycles. The van der Waals surface area contributed by atoms with Gasteiger partial charge in [-0.2, -0.15) is 0 Å². The van der Waals surface area contributed by atoms with Gasteiger partial charge >= 0.3 is 0 Å². The fourth-order valence-electron chi connectivity index (χ4n) is 1.79. The van der Waals surface area contributed by atoms with Gasteiger partial charge in [0, 0.05) is 11.6 Å². The van der Waals surface area contributed by atoms with Crippen LogP contribution < -0.4 is 10.5 Å². The maximum absolute atomic E-state index is 14.0. The standard InChI is InChI=1S/C13H13BrFNO2/c1-17-11-4-2-3-8(12(11)15)7-10(16)9-5-6-18-13(9)14/h2-6,10H,7,16H2,1H3. The molecule has 0 radical (unpaired) electrons. The van der Waals surface area contributed by atoms with Crippen LogP contribution in [-0.4, -0.2) is 7.11 Å². The molecule has 0 aliphatic heterocycles. The first-order valence-electron chi connectivity index (χ1n) is 5.43. The average molecular weight is 314 g/mol. The first-order valence-corrected chi connectivity index (χ1v) is 6.22. The van der Waals surface area contributed by atoms with Crippen molar-refractivity contribution in [3.05, 3.63) is 52.1 Å². The highest BCUT2D eigenvalue weighted by atomic mass is 79.9. The van der Waals surface area contributed by atoms with Gasteiger partial charge in [-0.3, -0.25) is 0 Å². The summed E-state index contributed by atoms with van der Waals surface area (Å²) in [5.41, 5.74) is 7.38. The van der Waals surface area contributed by atoms with Crippen molar-refractivity contribution < 1.29 is 13.5 Å². The van der Waals surface area contributed by atoms with Gasteiger partial charge in [-0.25, -0.2) is 4.39 Å². The van der Waals surface area contributed by atoms with Crippen molar-refractivity contribution in [3.63, 3.8) is 0 Å². The number of benzene rings is 1. The van der Waals surface area contributed by atoms with Gasteiger partial charge in [0.2, 0.25) is 0 Å². The molecule has 2 N–H and O–H groups in total. The summed E-state index contributed by atoms with van der Waals surface area (Å²) in [6.07, 6.45) is 1.92. The van der Waals surface area contributed by atoms with Gasteiger partial charge in [0.25, 0.3) is 0 Å². The van der Waals surface area contributed by atoms with E-state index in [9.17, 15) is 4.39 Å². The molecule has 2 rings (SSSR count). The molecule has 0 spiro atoms. The molecule has 5 heteroatoms. The van der Waals surface area contributed by atoms with E-state index in [0.29, 0.717) is 16.7 Å². The van der Waals surface area contributed by atoms with Crippen LogP contribution in [0.1, 0.15) is 17.2 Å². The van der Waals surface area contributed by atoms with Crippen LogP contribution in [0, 0.1) is 5.82 Å². The van der Waals surface area contributed by atoms with Gasteiger partial charge < -0.3 is 14.9 Å². The van der Waals surface area contributed by atoms with Gasteiger partial charge in [0.1, 0.15) is 0 Å². The lowest BCUT2D eigenvalue weighted by atomic mass is 10.0. The Hall–Kier alpha value is -1.33. The minimum Gasteiger partial charge on any atom is -0.494 e. The Morgan fingerprint density at radius 2 is 2.22 bits per heavy atom. The van der Waals surface area contributed by atoms with Gasteiger partial charge in [0.15, 0.2) is 16.2 Å². The number of hydrogen-bond acceptors (Lipinski definition) is 3. The van der Waals surface area contributed by atoms with Crippen molar-refractivity contribution >= 4 is 15.9 Å². The normalized spacial score (nSPS) is 12.4. The van der Waals surface area contributed by atoms with Crippen LogP contribution in [0.2, 0.25) is 0 Å². The van der Waals surface area contributed by atoms with E-state index in [0.717, 1.165) is 5.56 Å². The minimum atomic E-state index is -0.366. The number of ether oxygens (including phenoxy) is 1. The van der Waals surface area contributed by atoms with Crippen molar-refractivity contribution in [2.24, 2.45) is 5.73 Å². The second-order valence-corrected chi connectivity index (χ2v) is 4.61. The van der Waals surface area contributed by atoms with E-state index in [2.05, 4.69) is 15.9 Å². The van der Waals surface area contributed by atoms with E-state index in [1.54, 1.807) is 30.5 Å². The van der Waals surface area contributed by atoms with Gasteiger partial charge in [-0.15, -0.1) is 0 Å². The highest BCUT2D eigenvalue weighted by molar-refractivity contribution is 9.10. The molecule has 0 bridgehead atoms. The molecule has 18 heavy (non-hydrogen) atoms. The van der Waals surface area contributed by atoms with E-state index in [1.165, 1.54) is 7.11 Å². The number of halogens is 2. The number of rotatable bonds is 4. The molecular formula is C13H13BrFNO2. The Balaban J connectivity index is 2.22. The topological polar surface area (TPSA) is 48.4 Å². The van der Waals surface area contributed by atoms with Crippen LogP contribution in [0.3, 0.4) is 0 Å². The molecule has 0 aliphatic rings. The van der Waals surface area contributed by atoms with Crippen LogP contribution in [0.15, 0.2) is 39.6 Å². The molecule has 2 aromatic rings. The zero-order valence-corrected chi connectivity index (χ0v) is 11.4. The van der Waals surface area contributed by atoms with Gasteiger partial charge in [-0.1, -0.05) is 12.1 Å². The molecular weight excluding hydrogens is 301 g/mol. The SMILES string of the molecule is COc1cccc(CC(N)c2ccoc2Br)c1F. The summed E-state index contributed by atoms with van der Waals surface area (Å²) in [6, 6.07) is 6.46. The molecule has 1 atom stereocenters. The lowest BCUT2D eigenvalue weighted by Gasteiger charge is -2.12. The first-order chi connectivity index (χ1) is 8.63. The zero-order chi connectivity index (χ0) is 13.1. The Labute approximate surface area is 113 Å². The van der Waals surface area contributed by atoms with Gasteiger partial charge in [0.05, 0.1) is 13.4 Å². The largest absolute Gasteiger partial charge is 0.494 e. The molecule has 0 saturated carbocycles. The van der Waals surface area contributed by atoms with Crippen molar-refractivity contribution in [1.82, 2.24) is 0 Å². The number of methoxy groups -OCH3 is 1. The van der Waals surface area contributed by atoms with Crippen LogP contribution in [-0.2, 0) is 6.42 Å². The molecule has 96 valence electrons. The Kier molecular flexibility index (Phi) is 4.04. The molecule has 1 aromatic heterocycles. The van der Waals surface area contributed by atoms with Gasteiger partial charge in [-0.05, 0) is 40.0 Å². The predicted octanol–water partition coefficient (Wildman–Crippen LogP) is 3.43. The first kappa shape index (κ1) is 13.1. The Morgan fingerprint density at radius 1 is 1.44 bits per heavy atom. The van der Waals surface area contributed by atoms with E-state index >= 15 is 0 Å². The van der Waals surface area contributed by atoms with E-state index in [1.807, 2.05) is 0 Å². The number of nitrogens with two attached hydrogens (primary N) is 1. The zero-order valence-electron chi connectivity index (χ0n) is 9.82. The fraction of sp³-hybridized carbons (Fsp3) is 0.231. The van der Waals surface area contributed by atoms with Crippen molar-refractivity contribution in [3.8, 4) is 5.75 Å². The summed E-state index contributed by atoms with van der Waals surface area (Å²) >= 11 is 3.26. The number of furan rings is 1. The molecule has 0 fully saturated rings. The third-order valence-electron chi connectivity index (χ3n) is 2.75. The molecule has 1 heterocycles. The molecule has 1 unspecified atom stereocenters. The van der Waals surface area contributed by atoms with E-state index < -0.39 is 0 Å². The molecule has 0 amide bonds. The minimum absolute atomic E-state index is 0.228. The monoisotopic (exact) mass is 313 g/mol. The molecule has 3 nitrogen and oxygen atoms in total. The van der Waals surface area contributed by atoms with E-state index in [-0.39, 0.29) is 17.6 Å². The second-order valence-electron chi connectivity index (χ2n) is 3.89. The summed E-state index contributed by atoms with van der Waals surface area (Å²) in [5, 5.41) is 0. The van der Waals surface area contributed by atoms with Crippen molar-refractivity contribution in [2.45, 2.75) is 12.5 Å². The molecule has 0 saturated heterocycles. The summed E-state index contributed by atoms with van der Waals surface area (Å²) < 4.78 is 24.6. The van der Waals surface area contributed by atoms with Crippen LogP contribution in [0.5, 0.6) is 5.75 Å². The average Bonchev–Trinajstić information content (AvgIpc) is 2.78.